The van der Waals surface area contributed by atoms with Gasteiger partial charge in [0.1, 0.15) is 0 Å². The molecule has 0 heterocycles. The number of hydrogen-bond acceptors (Lipinski definition) is 3. The van der Waals surface area contributed by atoms with Crippen molar-refractivity contribution in [2.24, 2.45) is 0 Å². The van der Waals surface area contributed by atoms with Crippen LogP contribution < -0.4 is 0 Å². The van der Waals surface area contributed by atoms with Gasteiger partial charge in [-0.15, -0.1) is 0 Å². The maximum atomic E-state index is 10.4. The highest BCUT2D eigenvalue weighted by Gasteiger charge is 2.19. The zero-order chi connectivity index (χ0) is 7.49. The minimum absolute atomic E-state index is 0.575. The van der Waals surface area contributed by atoms with E-state index in [2.05, 4.69) is 4.74 Å². The van der Waals surface area contributed by atoms with Crippen LogP contribution in [-0.4, -0.2) is 21.6 Å². The monoisotopic (exact) mass is 148 g/mol. The van der Waals surface area contributed by atoms with Crippen molar-refractivity contribution < 1.29 is 14.0 Å². The molecule has 0 saturated heterocycles. The summed E-state index contributed by atoms with van der Waals surface area (Å²) in [6.07, 6.45) is -0.575. The predicted octanol–water partition coefficient (Wildman–Crippen LogP) is 1.60. The summed E-state index contributed by atoms with van der Waals surface area (Å²) in [7, 11) is -0.408. The van der Waals surface area contributed by atoms with Crippen molar-refractivity contribution in [1.82, 2.24) is 0 Å². The molecule has 0 amide bonds. The van der Waals surface area contributed by atoms with Gasteiger partial charge < -0.3 is 9.16 Å². The Balaban J connectivity index is 3.60. The molecule has 0 aromatic rings. The molecule has 54 valence electrons. The van der Waals surface area contributed by atoms with Crippen molar-refractivity contribution in [3.8, 4) is 0 Å². The van der Waals surface area contributed by atoms with E-state index in [1.54, 1.807) is 0 Å². The molecule has 0 rings (SSSR count). The second-order valence-corrected chi connectivity index (χ2v) is 7.10. The number of carbonyl (C=O) groups excluding carboxylic acids is 1. The summed E-state index contributed by atoms with van der Waals surface area (Å²) in [6.45, 7) is 5.76. The van der Waals surface area contributed by atoms with Gasteiger partial charge in [0.05, 0.1) is 7.11 Å². The number of methoxy groups -OCH3 is 1. The van der Waals surface area contributed by atoms with Crippen LogP contribution in [0, 0.1) is 0 Å². The summed E-state index contributed by atoms with van der Waals surface area (Å²) in [5.41, 5.74) is 0. The van der Waals surface area contributed by atoms with Crippen molar-refractivity contribution in [1.29, 1.82) is 0 Å². The van der Waals surface area contributed by atoms with Crippen molar-refractivity contribution in [2.75, 3.05) is 7.11 Å². The highest BCUT2D eigenvalue weighted by Crippen LogP contribution is 2.02. The Kier molecular flexibility index (Phi) is 2.70. The highest BCUT2D eigenvalue weighted by atomic mass is 28.4. The standard InChI is InChI=1S/C5H12O3Si/c1-7-5(6)8-9(2,3)4/h1-4H3. The lowest BCUT2D eigenvalue weighted by molar-refractivity contribution is 0.119. The molecular weight excluding hydrogens is 136 g/mol. The molecule has 0 aliphatic rings. The molecule has 0 saturated carbocycles. The molecule has 0 aliphatic carbocycles. The predicted molar refractivity (Wildman–Crippen MR) is 36.8 cm³/mol. The normalized spacial score (nSPS) is 10.7. The molecule has 0 fully saturated rings. The molecule has 0 spiro atoms. The van der Waals surface area contributed by atoms with Gasteiger partial charge in [-0.3, -0.25) is 0 Å². The van der Waals surface area contributed by atoms with E-state index < -0.39 is 14.5 Å². The average Bonchev–Trinajstić information content (AvgIpc) is 1.62. The number of ether oxygens (including phenoxy) is 1. The summed E-state index contributed by atoms with van der Waals surface area (Å²) < 4.78 is 9.16. The van der Waals surface area contributed by atoms with Crippen LogP contribution in [0.3, 0.4) is 0 Å². The molecule has 9 heavy (non-hydrogen) atoms. The first kappa shape index (κ1) is 8.49. The minimum atomic E-state index is -1.72. The van der Waals surface area contributed by atoms with E-state index in [1.165, 1.54) is 7.11 Å². The molecule has 0 aromatic carbocycles. The Hall–Kier alpha value is -0.513. The third-order valence-corrected chi connectivity index (χ3v) is 1.34. The van der Waals surface area contributed by atoms with E-state index in [-0.39, 0.29) is 0 Å². The third-order valence-electron chi connectivity index (χ3n) is 0.556. The van der Waals surface area contributed by atoms with E-state index in [4.69, 9.17) is 4.43 Å². The van der Waals surface area contributed by atoms with E-state index >= 15 is 0 Å². The quantitative estimate of drug-likeness (QED) is 0.418. The van der Waals surface area contributed by atoms with Gasteiger partial charge >= 0.3 is 6.16 Å². The lowest BCUT2D eigenvalue weighted by Crippen LogP contribution is -2.28. The van der Waals surface area contributed by atoms with E-state index in [0.717, 1.165) is 0 Å². The van der Waals surface area contributed by atoms with Gasteiger partial charge in [-0.05, 0) is 19.6 Å². The van der Waals surface area contributed by atoms with Gasteiger partial charge in [-0.25, -0.2) is 4.79 Å². The molecule has 0 atom stereocenters. The van der Waals surface area contributed by atoms with Crippen LogP contribution in [0.15, 0.2) is 0 Å². The maximum Gasteiger partial charge on any atom is 0.494 e. The first-order valence-electron chi connectivity index (χ1n) is 2.72. The largest absolute Gasteiger partial charge is 0.494 e. The first-order chi connectivity index (χ1) is 3.95. The molecule has 0 unspecified atom stereocenters. The summed E-state index contributed by atoms with van der Waals surface area (Å²) in [5, 5.41) is 0. The van der Waals surface area contributed by atoms with Gasteiger partial charge in [0.15, 0.2) is 0 Å². The van der Waals surface area contributed by atoms with Gasteiger partial charge in [-0.2, -0.15) is 0 Å². The SMILES string of the molecule is COC(=O)O[Si](C)(C)C. The summed E-state index contributed by atoms with van der Waals surface area (Å²) in [6, 6.07) is 0. The molecule has 4 heteroatoms. The fourth-order valence-electron chi connectivity index (χ4n) is 0.292. The maximum absolute atomic E-state index is 10.4. The smallest absolute Gasteiger partial charge is 0.490 e. The summed E-state index contributed by atoms with van der Waals surface area (Å²) in [5.74, 6) is 0. The molecular formula is C5H12O3Si. The number of hydrogen-bond donors (Lipinski definition) is 0. The van der Waals surface area contributed by atoms with Crippen LogP contribution in [0.4, 0.5) is 4.79 Å². The van der Waals surface area contributed by atoms with Gasteiger partial charge in [0.2, 0.25) is 0 Å². The fourth-order valence-corrected chi connectivity index (χ4v) is 0.875. The van der Waals surface area contributed by atoms with Crippen LogP contribution in [0.25, 0.3) is 0 Å². The Morgan fingerprint density at radius 3 is 1.89 bits per heavy atom. The molecule has 0 N–H and O–H groups in total. The van der Waals surface area contributed by atoms with Crippen LogP contribution in [-0.2, 0) is 9.16 Å². The second kappa shape index (κ2) is 2.86. The van der Waals surface area contributed by atoms with Crippen molar-refractivity contribution in [3.05, 3.63) is 0 Å². The minimum Gasteiger partial charge on any atom is -0.490 e. The van der Waals surface area contributed by atoms with Gasteiger partial charge in [0.25, 0.3) is 8.32 Å². The van der Waals surface area contributed by atoms with Gasteiger partial charge in [-0.1, -0.05) is 0 Å². The topological polar surface area (TPSA) is 35.5 Å². The molecule has 0 aromatic heterocycles. The first-order valence-corrected chi connectivity index (χ1v) is 6.13. The molecule has 3 nitrogen and oxygen atoms in total. The molecule has 0 bridgehead atoms. The molecule has 0 radical (unpaired) electrons. The van der Waals surface area contributed by atoms with Crippen LogP contribution in [0.2, 0.25) is 19.6 Å². The Bertz CT molecular complexity index is 105. The zero-order valence-electron chi connectivity index (χ0n) is 6.22. The van der Waals surface area contributed by atoms with E-state index in [0.29, 0.717) is 0 Å². The Labute approximate surface area is 56.1 Å². The number of rotatable bonds is 1. The second-order valence-electron chi connectivity index (χ2n) is 2.67. The summed E-state index contributed by atoms with van der Waals surface area (Å²) in [4.78, 5) is 10.4. The Morgan fingerprint density at radius 1 is 1.33 bits per heavy atom. The third kappa shape index (κ3) is 5.36. The van der Waals surface area contributed by atoms with Crippen molar-refractivity contribution in [2.45, 2.75) is 19.6 Å². The van der Waals surface area contributed by atoms with E-state index in [9.17, 15) is 4.79 Å². The molecule has 0 aliphatic heterocycles. The lowest BCUT2D eigenvalue weighted by Gasteiger charge is -2.14. The van der Waals surface area contributed by atoms with Gasteiger partial charge in [0, 0.05) is 0 Å². The lowest BCUT2D eigenvalue weighted by atomic mass is 11.4. The fraction of sp³-hybridized carbons (Fsp3) is 0.800. The average molecular weight is 148 g/mol. The number of carbonyl (C=O) groups is 1. The van der Waals surface area contributed by atoms with Crippen LogP contribution in [0.5, 0.6) is 0 Å². The zero-order valence-corrected chi connectivity index (χ0v) is 7.22. The van der Waals surface area contributed by atoms with Crippen LogP contribution in [0.1, 0.15) is 0 Å². The van der Waals surface area contributed by atoms with Crippen molar-refractivity contribution in [3.63, 3.8) is 0 Å². The summed E-state index contributed by atoms with van der Waals surface area (Å²) >= 11 is 0. The highest BCUT2D eigenvalue weighted by molar-refractivity contribution is 6.71. The van der Waals surface area contributed by atoms with E-state index in [1.807, 2.05) is 19.6 Å². The van der Waals surface area contributed by atoms with Crippen molar-refractivity contribution >= 4 is 14.5 Å². The Morgan fingerprint density at radius 2 is 1.78 bits per heavy atom. The van der Waals surface area contributed by atoms with Crippen LogP contribution >= 0.6 is 0 Å².